The summed E-state index contributed by atoms with van der Waals surface area (Å²) in [7, 11) is 0. The van der Waals surface area contributed by atoms with Crippen molar-refractivity contribution in [2.75, 3.05) is 36.8 Å². The first-order chi connectivity index (χ1) is 9.96. The number of rotatable bonds is 2. The number of carbonyl (C=O) groups excluding carboxylic acids is 1. The van der Waals surface area contributed by atoms with Crippen molar-refractivity contribution in [2.24, 2.45) is 0 Å². The molecule has 3 rings (SSSR count). The van der Waals surface area contributed by atoms with Gasteiger partial charge in [0, 0.05) is 26.2 Å². The fourth-order valence-electron chi connectivity index (χ4n) is 2.96. The maximum Gasteiger partial charge on any atom is 0.267 e. The third kappa shape index (κ3) is 2.98. The molecule has 0 spiro atoms. The van der Waals surface area contributed by atoms with Gasteiger partial charge in [0.2, 0.25) is 0 Å². The van der Waals surface area contributed by atoms with Crippen LogP contribution in [0.2, 0.25) is 0 Å². The van der Waals surface area contributed by atoms with Gasteiger partial charge in [-0.05, 0) is 32.6 Å². The lowest BCUT2D eigenvalue weighted by Crippen LogP contribution is -2.33. The van der Waals surface area contributed by atoms with Crippen LogP contribution in [0.15, 0.2) is 0 Å². The van der Waals surface area contributed by atoms with Crippen LogP contribution in [0.3, 0.4) is 0 Å². The molecule has 2 aliphatic rings. The number of nitrogens with zero attached hydrogens (tertiary/aromatic N) is 3. The molecule has 1 unspecified atom stereocenters. The minimum Gasteiger partial charge on any atom is -0.388 e. The van der Waals surface area contributed by atoms with Crippen molar-refractivity contribution in [2.45, 2.75) is 38.2 Å². The third-order valence-electron chi connectivity index (χ3n) is 4.20. The summed E-state index contributed by atoms with van der Waals surface area (Å²) in [6.07, 6.45) is 4.19. The number of piperidine rings is 1. The topological polar surface area (TPSA) is 82.7 Å². The van der Waals surface area contributed by atoms with Gasteiger partial charge in [-0.25, -0.2) is 4.98 Å². The summed E-state index contributed by atoms with van der Waals surface area (Å²) in [5.41, 5.74) is 5.16. The van der Waals surface area contributed by atoms with Crippen LogP contribution in [0.25, 0.3) is 0 Å². The molecule has 2 fully saturated rings. The van der Waals surface area contributed by atoms with Crippen LogP contribution in [0, 0.1) is 0 Å². The predicted octanol–water partition coefficient (Wildman–Crippen LogP) is 1.31. The van der Waals surface area contributed by atoms with Crippen LogP contribution in [0.4, 0.5) is 10.9 Å². The van der Waals surface area contributed by atoms with Gasteiger partial charge in [0.1, 0.15) is 10.7 Å². The van der Waals surface area contributed by atoms with E-state index in [0.717, 1.165) is 31.1 Å². The zero-order valence-corrected chi connectivity index (χ0v) is 13.2. The second-order valence-electron chi connectivity index (χ2n) is 6.23. The second-order valence-corrected chi connectivity index (χ2v) is 7.21. The molecule has 7 heteroatoms. The first kappa shape index (κ1) is 14.6. The van der Waals surface area contributed by atoms with Gasteiger partial charge in [-0.2, -0.15) is 0 Å². The number of β-amino-alcohol motifs (C(OH)–C–C–N with tert-alkyl or cyclic N) is 1. The molecule has 2 aliphatic heterocycles. The number of nitrogens with two attached hydrogens (primary N) is 1. The van der Waals surface area contributed by atoms with Gasteiger partial charge in [-0.3, -0.25) is 4.79 Å². The Bertz CT molecular complexity index is 537. The molecular weight excluding hydrogens is 288 g/mol. The predicted molar refractivity (Wildman–Crippen MR) is 83.7 cm³/mol. The van der Waals surface area contributed by atoms with Gasteiger partial charge in [-0.1, -0.05) is 11.3 Å². The van der Waals surface area contributed by atoms with E-state index in [4.69, 9.17) is 5.73 Å². The fraction of sp³-hybridized carbons (Fsp3) is 0.714. The summed E-state index contributed by atoms with van der Waals surface area (Å²) in [6, 6.07) is 0. The SMILES string of the molecule is CC1(O)CCN(C(=O)c2sc(N3CCCCC3)nc2N)C1. The lowest BCUT2D eigenvalue weighted by molar-refractivity contribution is 0.0575. The number of aromatic nitrogens is 1. The molecule has 0 bridgehead atoms. The summed E-state index contributed by atoms with van der Waals surface area (Å²) in [6.45, 7) is 4.66. The Kier molecular flexibility index (Phi) is 3.79. The molecule has 1 amide bonds. The van der Waals surface area contributed by atoms with Crippen molar-refractivity contribution in [3.63, 3.8) is 0 Å². The Balaban J connectivity index is 1.76. The third-order valence-corrected chi connectivity index (χ3v) is 5.32. The van der Waals surface area contributed by atoms with Crippen LogP contribution >= 0.6 is 11.3 Å². The molecule has 116 valence electrons. The molecule has 1 atom stereocenters. The minimum absolute atomic E-state index is 0.106. The number of anilines is 2. The van der Waals surface area contributed by atoms with Crippen molar-refractivity contribution in [3.8, 4) is 0 Å². The molecule has 0 aliphatic carbocycles. The number of aliphatic hydroxyl groups is 1. The highest BCUT2D eigenvalue weighted by Gasteiger charge is 2.36. The second kappa shape index (κ2) is 5.46. The highest BCUT2D eigenvalue weighted by atomic mass is 32.1. The summed E-state index contributed by atoms with van der Waals surface area (Å²) in [5, 5.41) is 10.8. The molecule has 2 saturated heterocycles. The first-order valence-electron chi connectivity index (χ1n) is 7.49. The van der Waals surface area contributed by atoms with Crippen LogP contribution in [-0.4, -0.2) is 52.7 Å². The normalized spacial score (nSPS) is 26.4. The number of carbonyl (C=O) groups is 1. The van der Waals surface area contributed by atoms with E-state index in [1.165, 1.54) is 17.8 Å². The van der Waals surface area contributed by atoms with E-state index in [9.17, 15) is 9.90 Å². The number of likely N-dealkylation sites (tertiary alicyclic amines) is 1. The standard InChI is InChI=1S/C14H22N4O2S/c1-14(20)5-8-18(9-14)12(19)10-11(15)16-13(21-10)17-6-3-2-4-7-17/h20H,2-9,15H2,1H3. The molecule has 21 heavy (non-hydrogen) atoms. The molecule has 3 heterocycles. The molecule has 3 N–H and O–H groups in total. The molecule has 0 radical (unpaired) electrons. The zero-order chi connectivity index (χ0) is 15.0. The van der Waals surface area contributed by atoms with E-state index in [1.807, 2.05) is 0 Å². The largest absolute Gasteiger partial charge is 0.388 e. The molecule has 1 aromatic rings. The average molecular weight is 310 g/mol. The number of amides is 1. The number of hydrogen-bond donors (Lipinski definition) is 2. The van der Waals surface area contributed by atoms with Crippen LogP contribution < -0.4 is 10.6 Å². The lowest BCUT2D eigenvalue weighted by atomic mass is 10.1. The van der Waals surface area contributed by atoms with Crippen LogP contribution in [-0.2, 0) is 0 Å². The first-order valence-corrected chi connectivity index (χ1v) is 8.31. The van der Waals surface area contributed by atoms with Gasteiger partial charge >= 0.3 is 0 Å². The maximum atomic E-state index is 12.5. The maximum absolute atomic E-state index is 12.5. The van der Waals surface area contributed by atoms with Gasteiger partial charge < -0.3 is 20.6 Å². The summed E-state index contributed by atoms with van der Waals surface area (Å²) < 4.78 is 0. The van der Waals surface area contributed by atoms with Gasteiger partial charge in [0.05, 0.1) is 5.60 Å². The van der Waals surface area contributed by atoms with E-state index < -0.39 is 5.60 Å². The van der Waals surface area contributed by atoms with Gasteiger partial charge in [0.25, 0.3) is 5.91 Å². The Morgan fingerprint density at radius 1 is 1.33 bits per heavy atom. The van der Waals surface area contributed by atoms with E-state index >= 15 is 0 Å². The Morgan fingerprint density at radius 2 is 2.05 bits per heavy atom. The van der Waals surface area contributed by atoms with E-state index in [0.29, 0.717) is 30.2 Å². The minimum atomic E-state index is -0.787. The van der Waals surface area contributed by atoms with Gasteiger partial charge in [-0.15, -0.1) is 0 Å². The van der Waals surface area contributed by atoms with Crippen LogP contribution in [0.5, 0.6) is 0 Å². The van der Waals surface area contributed by atoms with E-state index in [-0.39, 0.29) is 5.91 Å². The highest BCUT2D eigenvalue weighted by Crippen LogP contribution is 2.32. The van der Waals surface area contributed by atoms with Gasteiger partial charge in [0.15, 0.2) is 5.13 Å². The Hall–Kier alpha value is -1.34. The molecule has 6 nitrogen and oxygen atoms in total. The van der Waals surface area contributed by atoms with Crippen molar-refractivity contribution >= 4 is 28.2 Å². The van der Waals surface area contributed by atoms with E-state index in [1.54, 1.807) is 11.8 Å². The Labute approximate surface area is 128 Å². The zero-order valence-electron chi connectivity index (χ0n) is 12.3. The number of thiazole rings is 1. The number of nitrogen functional groups attached to an aromatic ring is 1. The van der Waals surface area contributed by atoms with Crippen molar-refractivity contribution < 1.29 is 9.90 Å². The molecule has 1 aromatic heterocycles. The summed E-state index contributed by atoms with van der Waals surface area (Å²) in [5.74, 6) is 0.211. The molecule has 0 aromatic carbocycles. The Morgan fingerprint density at radius 3 is 2.67 bits per heavy atom. The molecular formula is C14H22N4O2S. The van der Waals surface area contributed by atoms with E-state index in [2.05, 4.69) is 9.88 Å². The van der Waals surface area contributed by atoms with Crippen LogP contribution in [0.1, 0.15) is 42.3 Å². The quantitative estimate of drug-likeness (QED) is 0.860. The summed E-state index contributed by atoms with van der Waals surface area (Å²) >= 11 is 1.38. The summed E-state index contributed by atoms with van der Waals surface area (Å²) in [4.78, 5) is 21.3. The fourth-order valence-corrected chi connectivity index (χ4v) is 3.96. The molecule has 0 saturated carbocycles. The van der Waals surface area contributed by atoms with Crippen molar-refractivity contribution in [1.82, 2.24) is 9.88 Å². The highest BCUT2D eigenvalue weighted by molar-refractivity contribution is 7.18. The number of hydrogen-bond acceptors (Lipinski definition) is 6. The lowest BCUT2D eigenvalue weighted by Gasteiger charge is -2.25. The monoisotopic (exact) mass is 310 g/mol. The average Bonchev–Trinajstić information content (AvgIpc) is 3.02. The van der Waals surface area contributed by atoms with Crippen molar-refractivity contribution in [1.29, 1.82) is 0 Å². The van der Waals surface area contributed by atoms with Crippen molar-refractivity contribution in [3.05, 3.63) is 4.88 Å². The smallest absolute Gasteiger partial charge is 0.267 e.